The summed E-state index contributed by atoms with van der Waals surface area (Å²) in [4.78, 5) is 4.28. The Morgan fingerprint density at radius 1 is 1.29 bits per heavy atom. The van der Waals surface area contributed by atoms with E-state index in [1.54, 1.807) is 25.3 Å². The summed E-state index contributed by atoms with van der Waals surface area (Å²) >= 11 is 0. The molecule has 1 aromatic heterocycles. The Morgan fingerprint density at radius 2 is 2.07 bits per heavy atom. The van der Waals surface area contributed by atoms with Gasteiger partial charge in [0, 0.05) is 30.3 Å². The van der Waals surface area contributed by atoms with Crippen molar-refractivity contribution in [2.75, 3.05) is 25.6 Å². The average molecular weight is 401 g/mol. The minimum Gasteiger partial charge on any atom is -0.493 e. The number of nitrogens with one attached hydrogen (secondary N) is 1. The number of nitrogens with zero attached hydrogens (tertiary/aromatic N) is 2. The molecule has 7 nitrogen and oxygen atoms in total. The average Bonchev–Trinajstić information content (AvgIpc) is 2.73. The highest BCUT2D eigenvalue weighted by atomic mass is 32.2. The van der Waals surface area contributed by atoms with Crippen LogP contribution in [-0.2, 0) is 14.8 Å². The largest absolute Gasteiger partial charge is 0.493 e. The molecular weight excluding hydrogens is 378 g/mol. The number of pyridine rings is 1. The molecule has 0 spiro atoms. The van der Waals surface area contributed by atoms with Crippen molar-refractivity contribution >= 4 is 10.0 Å². The van der Waals surface area contributed by atoms with Crippen LogP contribution < -0.4 is 9.46 Å². The summed E-state index contributed by atoms with van der Waals surface area (Å²) in [6, 6.07) is 12.9. The predicted molar refractivity (Wildman–Crippen MR) is 105 cm³/mol. The minimum atomic E-state index is -3.26. The van der Waals surface area contributed by atoms with Gasteiger partial charge in [0.1, 0.15) is 11.8 Å². The fourth-order valence-electron chi connectivity index (χ4n) is 2.99. The first kappa shape index (κ1) is 20.3. The van der Waals surface area contributed by atoms with Crippen LogP contribution in [0.4, 0.5) is 0 Å². The van der Waals surface area contributed by atoms with Gasteiger partial charge in [-0.15, -0.1) is 0 Å². The Labute approximate surface area is 165 Å². The van der Waals surface area contributed by atoms with Gasteiger partial charge in [0.25, 0.3) is 0 Å². The highest BCUT2D eigenvalue weighted by Crippen LogP contribution is 2.23. The Morgan fingerprint density at radius 3 is 2.71 bits per heavy atom. The second-order valence-corrected chi connectivity index (χ2v) is 8.67. The quantitative estimate of drug-likeness (QED) is 0.764. The summed E-state index contributed by atoms with van der Waals surface area (Å²) in [7, 11) is -3.26. The first-order chi connectivity index (χ1) is 13.5. The Kier molecular flexibility index (Phi) is 6.62. The van der Waals surface area contributed by atoms with Gasteiger partial charge in [-0.2, -0.15) is 5.26 Å². The molecule has 0 radical (unpaired) electrons. The third-order valence-corrected chi connectivity index (χ3v) is 6.11. The first-order valence-electron chi connectivity index (χ1n) is 9.18. The molecule has 0 bridgehead atoms. The molecule has 2 heterocycles. The maximum atomic E-state index is 11.9. The molecular formula is C20H23N3O4S. The first-order valence-corrected chi connectivity index (χ1v) is 10.8. The monoisotopic (exact) mass is 401 g/mol. The molecule has 1 saturated heterocycles. The van der Waals surface area contributed by atoms with E-state index >= 15 is 0 Å². The van der Waals surface area contributed by atoms with E-state index in [-0.39, 0.29) is 17.7 Å². The third-order valence-electron chi connectivity index (χ3n) is 4.69. The maximum Gasteiger partial charge on any atom is 0.211 e. The molecule has 0 amide bonds. The van der Waals surface area contributed by atoms with Crippen LogP contribution in [0.15, 0.2) is 42.6 Å². The van der Waals surface area contributed by atoms with E-state index in [9.17, 15) is 8.42 Å². The van der Waals surface area contributed by atoms with E-state index in [4.69, 9.17) is 14.7 Å². The molecule has 28 heavy (non-hydrogen) atoms. The molecule has 148 valence electrons. The summed E-state index contributed by atoms with van der Waals surface area (Å²) in [5, 5.41) is 8.84. The molecule has 1 fully saturated rings. The summed E-state index contributed by atoms with van der Waals surface area (Å²) in [5.41, 5.74) is 2.22. The van der Waals surface area contributed by atoms with Gasteiger partial charge in [0.05, 0.1) is 30.2 Å². The van der Waals surface area contributed by atoms with Gasteiger partial charge in [0.2, 0.25) is 10.0 Å². The molecule has 1 aliphatic heterocycles. The lowest BCUT2D eigenvalue weighted by molar-refractivity contribution is 0.0186. The highest BCUT2D eigenvalue weighted by Gasteiger charge is 2.29. The van der Waals surface area contributed by atoms with Gasteiger partial charge in [-0.1, -0.05) is 0 Å². The highest BCUT2D eigenvalue weighted by molar-refractivity contribution is 7.89. The molecule has 0 unspecified atom stereocenters. The lowest BCUT2D eigenvalue weighted by Gasteiger charge is -2.31. The SMILES string of the molecule is CCS(=O)(=O)N[C@H]1CCOC[C@@H]1COc1ccc(-c2ccc(C#N)cn2)cc1. The van der Waals surface area contributed by atoms with Gasteiger partial charge in [-0.05, 0) is 49.7 Å². The van der Waals surface area contributed by atoms with Crippen molar-refractivity contribution in [3.05, 3.63) is 48.2 Å². The summed E-state index contributed by atoms with van der Waals surface area (Å²) in [6.45, 7) is 2.99. The van der Waals surface area contributed by atoms with E-state index in [1.165, 1.54) is 0 Å². The number of ether oxygens (including phenoxy) is 2. The van der Waals surface area contributed by atoms with E-state index in [0.29, 0.717) is 37.6 Å². The second-order valence-electron chi connectivity index (χ2n) is 6.63. The van der Waals surface area contributed by atoms with Crippen LogP contribution in [0.3, 0.4) is 0 Å². The zero-order chi connectivity index (χ0) is 20.0. The van der Waals surface area contributed by atoms with Crippen LogP contribution in [0.1, 0.15) is 18.9 Å². The molecule has 0 aliphatic carbocycles. The number of sulfonamides is 1. The molecule has 1 aromatic carbocycles. The van der Waals surface area contributed by atoms with E-state index in [0.717, 1.165) is 11.3 Å². The Bertz CT molecular complexity index is 921. The third kappa shape index (κ3) is 5.29. The standard InChI is InChI=1S/C20H23N3O4S/c1-2-28(24,25)23-20-9-10-26-13-17(20)14-27-18-6-4-16(5-7-18)19-8-3-15(11-21)12-22-19/h3-8,12,17,20,23H,2,9-10,13-14H2,1H3/t17-,20+/m1/s1. The molecule has 1 N–H and O–H groups in total. The number of rotatable bonds is 7. The van der Waals surface area contributed by atoms with E-state index in [1.807, 2.05) is 30.3 Å². The van der Waals surface area contributed by atoms with Crippen molar-refractivity contribution in [2.24, 2.45) is 5.92 Å². The number of aromatic nitrogens is 1. The fourth-order valence-corrected chi connectivity index (χ4v) is 3.92. The topological polar surface area (TPSA) is 101 Å². The van der Waals surface area contributed by atoms with E-state index < -0.39 is 10.0 Å². The van der Waals surface area contributed by atoms with Gasteiger partial charge < -0.3 is 9.47 Å². The maximum absolute atomic E-state index is 11.9. The zero-order valence-electron chi connectivity index (χ0n) is 15.7. The number of nitriles is 1. The number of hydrogen-bond acceptors (Lipinski definition) is 6. The van der Waals surface area contributed by atoms with Crippen molar-refractivity contribution in [3.8, 4) is 23.1 Å². The molecule has 3 rings (SSSR count). The smallest absolute Gasteiger partial charge is 0.211 e. The van der Waals surface area contributed by atoms with Crippen LogP contribution >= 0.6 is 0 Å². The van der Waals surface area contributed by atoms with Crippen molar-refractivity contribution in [1.82, 2.24) is 9.71 Å². The van der Waals surface area contributed by atoms with Gasteiger partial charge in [-0.25, -0.2) is 13.1 Å². The lowest BCUT2D eigenvalue weighted by atomic mass is 9.98. The summed E-state index contributed by atoms with van der Waals surface area (Å²) in [5.74, 6) is 0.706. The number of hydrogen-bond donors (Lipinski definition) is 1. The Balaban J connectivity index is 1.61. The van der Waals surface area contributed by atoms with E-state index in [2.05, 4.69) is 9.71 Å². The van der Waals surface area contributed by atoms with Crippen LogP contribution in [0.5, 0.6) is 5.75 Å². The zero-order valence-corrected chi connectivity index (χ0v) is 16.5. The van der Waals surface area contributed by atoms with Gasteiger partial charge >= 0.3 is 0 Å². The number of benzene rings is 1. The summed E-state index contributed by atoms with van der Waals surface area (Å²) < 4.78 is 37.9. The summed E-state index contributed by atoms with van der Waals surface area (Å²) in [6.07, 6.45) is 2.18. The van der Waals surface area contributed by atoms with Gasteiger partial charge in [0.15, 0.2) is 0 Å². The Hall–Kier alpha value is -2.47. The van der Waals surface area contributed by atoms with Crippen molar-refractivity contribution in [2.45, 2.75) is 19.4 Å². The molecule has 2 atom stereocenters. The lowest BCUT2D eigenvalue weighted by Crippen LogP contribution is -2.47. The van der Waals surface area contributed by atoms with Gasteiger partial charge in [-0.3, -0.25) is 4.98 Å². The van der Waals surface area contributed by atoms with Crippen LogP contribution in [0.2, 0.25) is 0 Å². The molecule has 1 aliphatic rings. The molecule has 2 aromatic rings. The second kappa shape index (κ2) is 9.15. The fraction of sp³-hybridized carbons (Fsp3) is 0.400. The van der Waals surface area contributed by atoms with Crippen molar-refractivity contribution in [3.63, 3.8) is 0 Å². The predicted octanol–water partition coefficient (Wildman–Crippen LogP) is 2.34. The van der Waals surface area contributed by atoms with Crippen LogP contribution in [-0.4, -0.2) is 45.0 Å². The van der Waals surface area contributed by atoms with Crippen molar-refractivity contribution in [1.29, 1.82) is 5.26 Å². The van der Waals surface area contributed by atoms with Crippen LogP contribution in [0.25, 0.3) is 11.3 Å². The van der Waals surface area contributed by atoms with Crippen molar-refractivity contribution < 1.29 is 17.9 Å². The minimum absolute atomic E-state index is 0.0463. The van der Waals surface area contributed by atoms with Crippen LogP contribution in [0, 0.1) is 17.2 Å². The molecule has 8 heteroatoms. The molecule has 0 saturated carbocycles. The normalized spacial score (nSPS) is 19.7.